The molecular formula is C15H30N2O2. The van der Waals surface area contributed by atoms with Crippen LogP contribution in [0, 0.1) is 5.92 Å². The number of esters is 1. The SMILES string of the molecule is CCOC(=O)C(CC)N(CC1CCCNC1)C(C)C. The molecule has 0 saturated carbocycles. The smallest absolute Gasteiger partial charge is 0.323 e. The lowest BCUT2D eigenvalue weighted by Crippen LogP contribution is -2.49. The van der Waals surface area contributed by atoms with Crippen molar-refractivity contribution in [2.75, 3.05) is 26.2 Å². The summed E-state index contributed by atoms with van der Waals surface area (Å²) in [5.41, 5.74) is 0. The van der Waals surface area contributed by atoms with Crippen molar-refractivity contribution in [1.29, 1.82) is 0 Å². The largest absolute Gasteiger partial charge is 0.465 e. The van der Waals surface area contributed by atoms with Gasteiger partial charge in [-0.25, -0.2) is 0 Å². The molecule has 1 aliphatic rings. The Morgan fingerprint density at radius 3 is 2.63 bits per heavy atom. The number of carbonyl (C=O) groups excluding carboxylic acids is 1. The van der Waals surface area contributed by atoms with Gasteiger partial charge in [0.05, 0.1) is 6.61 Å². The lowest BCUT2D eigenvalue weighted by molar-refractivity contribution is -0.150. The Balaban J connectivity index is 2.64. The van der Waals surface area contributed by atoms with Gasteiger partial charge in [0.25, 0.3) is 0 Å². The Hall–Kier alpha value is -0.610. The Morgan fingerprint density at radius 1 is 1.42 bits per heavy atom. The van der Waals surface area contributed by atoms with Gasteiger partial charge in [-0.05, 0) is 59.0 Å². The molecule has 1 heterocycles. The quantitative estimate of drug-likeness (QED) is 0.719. The minimum atomic E-state index is -0.0955. The van der Waals surface area contributed by atoms with Crippen LogP contribution >= 0.6 is 0 Å². The van der Waals surface area contributed by atoms with E-state index in [9.17, 15) is 4.79 Å². The van der Waals surface area contributed by atoms with Gasteiger partial charge in [-0.1, -0.05) is 6.92 Å². The molecule has 19 heavy (non-hydrogen) atoms. The van der Waals surface area contributed by atoms with E-state index in [4.69, 9.17) is 4.74 Å². The molecule has 0 aliphatic carbocycles. The zero-order chi connectivity index (χ0) is 14.3. The van der Waals surface area contributed by atoms with Gasteiger partial charge in [-0.3, -0.25) is 9.69 Å². The Labute approximate surface area is 117 Å². The van der Waals surface area contributed by atoms with Gasteiger partial charge < -0.3 is 10.1 Å². The van der Waals surface area contributed by atoms with E-state index in [1.165, 1.54) is 12.8 Å². The molecule has 0 aromatic heterocycles. The van der Waals surface area contributed by atoms with Crippen LogP contribution in [0.3, 0.4) is 0 Å². The Morgan fingerprint density at radius 2 is 2.16 bits per heavy atom. The summed E-state index contributed by atoms with van der Waals surface area (Å²) in [6, 6.07) is 0.276. The molecule has 2 atom stereocenters. The molecule has 2 unspecified atom stereocenters. The molecule has 1 N–H and O–H groups in total. The van der Waals surface area contributed by atoms with E-state index in [0.29, 0.717) is 18.6 Å². The number of nitrogens with one attached hydrogen (secondary N) is 1. The zero-order valence-corrected chi connectivity index (χ0v) is 12.9. The maximum Gasteiger partial charge on any atom is 0.323 e. The second kappa shape index (κ2) is 8.54. The van der Waals surface area contributed by atoms with E-state index in [-0.39, 0.29) is 12.0 Å². The molecule has 0 radical (unpaired) electrons. The van der Waals surface area contributed by atoms with Crippen LogP contribution in [0.5, 0.6) is 0 Å². The number of piperidine rings is 1. The molecular weight excluding hydrogens is 240 g/mol. The number of nitrogens with zero attached hydrogens (tertiary/aromatic N) is 1. The summed E-state index contributed by atoms with van der Waals surface area (Å²) < 4.78 is 5.22. The second-order valence-corrected chi connectivity index (χ2v) is 5.68. The monoisotopic (exact) mass is 270 g/mol. The van der Waals surface area contributed by atoms with Crippen molar-refractivity contribution >= 4 is 5.97 Å². The highest BCUT2D eigenvalue weighted by Gasteiger charge is 2.29. The first kappa shape index (κ1) is 16.4. The summed E-state index contributed by atoms with van der Waals surface area (Å²) >= 11 is 0. The molecule has 0 aromatic carbocycles. The topological polar surface area (TPSA) is 41.6 Å². The fourth-order valence-corrected chi connectivity index (χ4v) is 2.85. The van der Waals surface area contributed by atoms with E-state index in [1.807, 2.05) is 6.92 Å². The van der Waals surface area contributed by atoms with Crippen LogP contribution in [0.1, 0.15) is 47.0 Å². The van der Waals surface area contributed by atoms with E-state index in [2.05, 4.69) is 31.0 Å². The van der Waals surface area contributed by atoms with Gasteiger partial charge in [0.2, 0.25) is 0 Å². The van der Waals surface area contributed by atoms with Crippen LogP contribution in [-0.4, -0.2) is 49.2 Å². The summed E-state index contributed by atoms with van der Waals surface area (Å²) in [5, 5.41) is 3.45. The van der Waals surface area contributed by atoms with Gasteiger partial charge in [0.15, 0.2) is 0 Å². The number of rotatable bonds is 7. The summed E-state index contributed by atoms with van der Waals surface area (Å²) in [5.74, 6) is 0.585. The first-order chi connectivity index (χ1) is 9.10. The van der Waals surface area contributed by atoms with Gasteiger partial charge in [0, 0.05) is 12.6 Å². The molecule has 112 valence electrons. The highest BCUT2D eigenvalue weighted by Crippen LogP contribution is 2.18. The van der Waals surface area contributed by atoms with Crippen molar-refractivity contribution in [2.45, 2.75) is 59.0 Å². The maximum absolute atomic E-state index is 12.1. The third-order valence-electron chi connectivity index (χ3n) is 3.88. The standard InChI is InChI=1S/C15H30N2O2/c1-5-14(15(18)19-6-2)17(12(3)4)11-13-8-7-9-16-10-13/h12-14,16H,5-11H2,1-4H3. The van der Waals surface area contributed by atoms with E-state index >= 15 is 0 Å². The second-order valence-electron chi connectivity index (χ2n) is 5.68. The van der Waals surface area contributed by atoms with Gasteiger partial charge >= 0.3 is 5.97 Å². The maximum atomic E-state index is 12.1. The fraction of sp³-hybridized carbons (Fsp3) is 0.933. The van der Waals surface area contributed by atoms with Crippen molar-refractivity contribution in [3.8, 4) is 0 Å². The average molecular weight is 270 g/mol. The molecule has 0 amide bonds. The average Bonchev–Trinajstić information content (AvgIpc) is 2.40. The molecule has 0 spiro atoms. The van der Waals surface area contributed by atoms with Gasteiger partial charge in [0.1, 0.15) is 6.04 Å². The van der Waals surface area contributed by atoms with Crippen molar-refractivity contribution in [2.24, 2.45) is 5.92 Å². The lowest BCUT2D eigenvalue weighted by Gasteiger charge is -2.36. The predicted molar refractivity (Wildman–Crippen MR) is 78.1 cm³/mol. The molecule has 4 heteroatoms. The molecule has 1 saturated heterocycles. The van der Waals surface area contributed by atoms with Crippen molar-refractivity contribution in [3.63, 3.8) is 0 Å². The highest BCUT2D eigenvalue weighted by atomic mass is 16.5. The number of hydrogen-bond donors (Lipinski definition) is 1. The summed E-state index contributed by atoms with van der Waals surface area (Å²) in [4.78, 5) is 14.4. The molecule has 0 bridgehead atoms. The normalized spacial score (nSPS) is 21.7. The summed E-state index contributed by atoms with van der Waals surface area (Å²) in [6.45, 7) is 11.9. The van der Waals surface area contributed by atoms with Crippen LogP contribution in [-0.2, 0) is 9.53 Å². The van der Waals surface area contributed by atoms with Crippen LogP contribution < -0.4 is 5.32 Å². The number of carbonyl (C=O) groups is 1. The van der Waals surface area contributed by atoms with Crippen molar-refractivity contribution in [1.82, 2.24) is 10.2 Å². The van der Waals surface area contributed by atoms with Gasteiger partial charge in [-0.15, -0.1) is 0 Å². The van der Waals surface area contributed by atoms with Crippen molar-refractivity contribution in [3.05, 3.63) is 0 Å². The molecule has 1 fully saturated rings. The minimum Gasteiger partial charge on any atom is -0.465 e. The number of ether oxygens (including phenoxy) is 1. The molecule has 4 nitrogen and oxygen atoms in total. The van der Waals surface area contributed by atoms with Gasteiger partial charge in [-0.2, -0.15) is 0 Å². The molecule has 0 aromatic rings. The Bertz CT molecular complexity index is 263. The number of hydrogen-bond acceptors (Lipinski definition) is 4. The van der Waals surface area contributed by atoms with E-state index < -0.39 is 0 Å². The Kier molecular flexibility index (Phi) is 7.39. The molecule has 1 rings (SSSR count). The third kappa shape index (κ3) is 5.11. The molecule has 1 aliphatic heterocycles. The van der Waals surface area contributed by atoms with Crippen LogP contribution in [0.15, 0.2) is 0 Å². The fourth-order valence-electron chi connectivity index (χ4n) is 2.85. The lowest BCUT2D eigenvalue weighted by atomic mass is 9.97. The highest BCUT2D eigenvalue weighted by molar-refractivity contribution is 5.75. The van der Waals surface area contributed by atoms with E-state index in [0.717, 1.165) is 26.1 Å². The minimum absolute atomic E-state index is 0.0672. The van der Waals surface area contributed by atoms with Crippen LogP contribution in [0.2, 0.25) is 0 Å². The van der Waals surface area contributed by atoms with Crippen LogP contribution in [0.4, 0.5) is 0 Å². The summed E-state index contributed by atoms with van der Waals surface area (Å²) in [7, 11) is 0. The van der Waals surface area contributed by atoms with Crippen LogP contribution in [0.25, 0.3) is 0 Å². The first-order valence-corrected chi connectivity index (χ1v) is 7.73. The predicted octanol–water partition coefficient (Wildman–Crippen LogP) is 2.04. The van der Waals surface area contributed by atoms with E-state index in [1.54, 1.807) is 0 Å². The zero-order valence-electron chi connectivity index (χ0n) is 12.9. The summed E-state index contributed by atoms with van der Waals surface area (Å²) in [6.07, 6.45) is 3.32. The van der Waals surface area contributed by atoms with Crippen molar-refractivity contribution < 1.29 is 9.53 Å². The first-order valence-electron chi connectivity index (χ1n) is 7.73. The third-order valence-corrected chi connectivity index (χ3v) is 3.88.